The van der Waals surface area contributed by atoms with E-state index in [0.29, 0.717) is 11.1 Å². The highest BCUT2D eigenvalue weighted by Gasteiger charge is 2.03. The van der Waals surface area contributed by atoms with Crippen molar-refractivity contribution < 1.29 is 14.3 Å². The molecule has 0 radical (unpaired) electrons. The fraction of sp³-hybridized carbons (Fsp3) is 0. The summed E-state index contributed by atoms with van der Waals surface area (Å²) in [4.78, 5) is 11.8. The first kappa shape index (κ1) is 13.5. The summed E-state index contributed by atoms with van der Waals surface area (Å²) in [5, 5.41) is 9.13. The smallest absolute Gasteiger partial charge is 0.185 e. The number of carbonyl (C=O) groups is 1. The zero-order valence-corrected chi connectivity index (χ0v) is 11.4. The molecular weight excluding hydrogens is 311 g/mol. The van der Waals surface area contributed by atoms with Crippen LogP contribution in [-0.2, 0) is 0 Å². The van der Waals surface area contributed by atoms with Crippen LogP contribution in [0.25, 0.3) is 6.08 Å². The van der Waals surface area contributed by atoms with Gasteiger partial charge in [-0.05, 0) is 54.6 Å². The summed E-state index contributed by atoms with van der Waals surface area (Å²) in [6.07, 6.45) is 2.73. The van der Waals surface area contributed by atoms with Gasteiger partial charge in [0, 0.05) is 15.6 Å². The molecule has 0 saturated heterocycles. The molecule has 0 aliphatic rings. The van der Waals surface area contributed by atoms with Crippen molar-refractivity contribution in [1.29, 1.82) is 0 Å². The molecule has 4 heteroatoms. The van der Waals surface area contributed by atoms with Gasteiger partial charge in [0.15, 0.2) is 5.78 Å². The molecule has 0 unspecified atom stereocenters. The molecule has 0 heterocycles. The first-order valence-corrected chi connectivity index (χ1v) is 6.32. The Hall–Kier alpha value is -1.94. The predicted molar refractivity (Wildman–Crippen MR) is 75.6 cm³/mol. The molecule has 96 valence electrons. The Morgan fingerprint density at radius 3 is 2.53 bits per heavy atom. The van der Waals surface area contributed by atoms with Gasteiger partial charge in [0.05, 0.1) is 0 Å². The molecule has 0 bridgehead atoms. The molecule has 0 fully saturated rings. The van der Waals surface area contributed by atoms with Gasteiger partial charge in [0.1, 0.15) is 11.6 Å². The largest absolute Gasteiger partial charge is 0.508 e. The molecule has 0 amide bonds. The van der Waals surface area contributed by atoms with Gasteiger partial charge < -0.3 is 5.11 Å². The number of allylic oxidation sites excluding steroid dienone is 1. The summed E-state index contributed by atoms with van der Waals surface area (Å²) in [6.45, 7) is 0. The summed E-state index contributed by atoms with van der Waals surface area (Å²) in [5.74, 6) is -0.545. The molecule has 0 atom stereocenters. The first-order valence-electron chi connectivity index (χ1n) is 5.53. The van der Waals surface area contributed by atoms with Crippen LogP contribution in [0.4, 0.5) is 4.39 Å². The van der Waals surface area contributed by atoms with Crippen molar-refractivity contribution in [3.8, 4) is 5.75 Å². The number of benzene rings is 2. The number of aromatic hydroxyl groups is 1. The first-order chi connectivity index (χ1) is 9.06. The SMILES string of the molecule is O=C(C=Cc1cc(Br)ccc1F)c1ccc(O)cc1. The number of phenolic OH excluding ortho intramolecular Hbond substituents is 1. The van der Waals surface area contributed by atoms with Crippen LogP contribution >= 0.6 is 15.9 Å². The topological polar surface area (TPSA) is 37.3 Å². The molecule has 2 aromatic carbocycles. The second kappa shape index (κ2) is 5.80. The lowest BCUT2D eigenvalue weighted by molar-refractivity contribution is 0.104. The molecule has 2 nitrogen and oxygen atoms in total. The summed E-state index contributed by atoms with van der Waals surface area (Å²) < 4.78 is 14.2. The van der Waals surface area contributed by atoms with E-state index in [1.54, 1.807) is 12.1 Å². The molecule has 2 rings (SSSR count). The molecule has 0 aliphatic carbocycles. The monoisotopic (exact) mass is 320 g/mol. The van der Waals surface area contributed by atoms with Crippen LogP contribution in [0.1, 0.15) is 15.9 Å². The number of carbonyl (C=O) groups excluding carboxylic acids is 1. The van der Waals surface area contributed by atoms with E-state index >= 15 is 0 Å². The van der Waals surface area contributed by atoms with Crippen molar-refractivity contribution >= 4 is 27.8 Å². The van der Waals surface area contributed by atoms with Gasteiger partial charge in [-0.2, -0.15) is 0 Å². The lowest BCUT2D eigenvalue weighted by atomic mass is 10.1. The molecule has 0 saturated carbocycles. The highest BCUT2D eigenvalue weighted by molar-refractivity contribution is 9.10. The zero-order chi connectivity index (χ0) is 13.8. The van der Waals surface area contributed by atoms with Crippen molar-refractivity contribution in [1.82, 2.24) is 0 Å². The van der Waals surface area contributed by atoms with Crippen molar-refractivity contribution in [2.45, 2.75) is 0 Å². The van der Waals surface area contributed by atoms with Crippen LogP contribution in [0.5, 0.6) is 5.75 Å². The summed E-state index contributed by atoms with van der Waals surface area (Å²) in [5.41, 5.74) is 0.769. The third-order valence-corrected chi connectivity index (χ3v) is 3.02. The number of halogens is 2. The van der Waals surface area contributed by atoms with Gasteiger partial charge in [0.25, 0.3) is 0 Å². The summed E-state index contributed by atoms with van der Waals surface area (Å²) in [7, 11) is 0. The highest BCUT2D eigenvalue weighted by Crippen LogP contribution is 2.17. The number of ketones is 1. The van der Waals surface area contributed by atoms with Gasteiger partial charge in [-0.1, -0.05) is 15.9 Å². The van der Waals surface area contributed by atoms with Crippen molar-refractivity contribution in [2.75, 3.05) is 0 Å². The Labute approximate surface area is 118 Å². The average Bonchev–Trinajstić information content (AvgIpc) is 2.40. The number of hydrogen-bond acceptors (Lipinski definition) is 2. The van der Waals surface area contributed by atoms with E-state index in [2.05, 4.69) is 15.9 Å². The fourth-order valence-electron chi connectivity index (χ4n) is 1.53. The molecular formula is C15H10BrFO2. The molecule has 19 heavy (non-hydrogen) atoms. The Bertz CT molecular complexity index is 633. The van der Waals surface area contributed by atoms with Gasteiger partial charge in [-0.25, -0.2) is 4.39 Å². The van der Waals surface area contributed by atoms with Crippen molar-refractivity contribution in [3.05, 3.63) is 70.0 Å². The zero-order valence-electron chi connectivity index (χ0n) is 9.81. The fourth-order valence-corrected chi connectivity index (χ4v) is 1.91. The maximum Gasteiger partial charge on any atom is 0.185 e. The van der Waals surface area contributed by atoms with Crippen molar-refractivity contribution in [3.63, 3.8) is 0 Å². The van der Waals surface area contributed by atoms with Crippen LogP contribution in [0, 0.1) is 5.82 Å². The van der Waals surface area contributed by atoms with E-state index in [-0.39, 0.29) is 11.5 Å². The van der Waals surface area contributed by atoms with E-state index in [9.17, 15) is 9.18 Å². The third kappa shape index (κ3) is 3.51. The second-order valence-electron chi connectivity index (χ2n) is 3.91. The highest BCUT2D eigenvalue weighted by atomic mass is 79.9. The van der Waals surface area contributed by atoms with E-state index in [0.717, 1.165) is 4.47 Å². The molecule has 0 aliphatic heterocycles. The van der Waals surface area contributed by atoms with Crippen LogP contribution in [-0.4, -0.2) is 10.9 Å². The van der Waals surface area contributed by atoms with Crippen LogP contribution in [0.2, 0.25) is 0 Å². The van der Waals surface area contributed by atoms with Crippen molar-refractivity contribution in [2.24, 2.45) is 0 Å². The minimum Gasteiger partial charge on any atom is -0.508 e. The second-order valence-corrected chi connectivity index (χ2v) is 4.83. The molecule has 0 aromatic heterocycles. The minimum absolute atomic E-state index is 0.0959. The Morgan fingerprint density at radius 2 is 1.84 bits per heavy atom. The van der Waals surface area contributed by atoms with E-state index in [1.165, 1.54) is 42.5 Å². The average molecular weight is 321 g/mol. The Balaban J connectivity index is 2.20. The lowest BCUT2D eigenvalue weighted by Crippen LogP contribution is -1.93. The van der Waals surface area contributed by atoms with Gasteiger partial charge in [-0.15, -0.1) is 0 Å². The Kier molecular flexibility index (Phi) is 4.12. The minimum atomic E-state index is -0.391. The molecule has 2 aromatic rings. The lowest BCUT2D eigenvalue weighted by Gasteiger charge is -1.98. The maximum atomic E-state index is 13.5. The standard InChI is InChI=1S/C15H10BrFO2/c16-12-4-7-14(17)11(9-12)3-8-15(19)10-1-5-13(18)6-2-10/h1-9,18H. The number of phenols is 1. The van der Waals surface area contributed by atoms with Gasteiger partial charge >= 0.3 is 0 Å². The summed E-state index contributed by atoms with van der Waals surface area (Å²) >= 11 is 3.24. The molecule has 1 N–H and O–H groups in total. The van der Waals surface area contributed by atoms with Crippen LogP contribution in [0.15, 0.2) is 53.0 Å². The van der Waals surface area contributed by atoms with E-state index in [1.807, 2.05) is 0 Å². The molecule has 0 spiro atoms. The predicted octanol–water partition coefficient (Wildman–Crippen LogP) is 4.19. The maximum absolute atomic E-state index is 13.5. The van der Waals surface area contributed by atoms with Crippen LogP contribution in [0.3, 0.4) is 0 Å². The summed E-state index contributed by atoms with van der Waals surface area (Å²) in [6, 6.07) is 10.4. The Morgan fingerprint density at radius 1 is 1.16 bits per heavy atom. The number of hydrogen-bond donors (Lipinski definition) is 1. The third-order valence-electron chi connectivity index (χ3n) is 2.52. The number of rotatable bonds is 3. The van der Waals surface area contributed by atoms with Crippen LogP contribution < -0.4 is 0 Å². The quantitative estimate of drug-likeness (QED) is 0.680. The van der Waals surface area contributed by atoms with Gasteiger partial charge in [0.2, 0.25) is 0 Å². The normalized spacial score (nSPS) is 10.8. The van der Waals surface area contributed by atoms with E-state index < -0.39 is 5.82 Å². The van der Waals surface area contributed by atoms with Gasteiger partial charge in [-0.3, -0.25) is 4.79 Å². The van der Waals surface area contributed by atoms with E-state index in [4.69, 9.17) is 5.11 Å².